The second-order valence-electron chi connectivity index (χ2n) is 8.45. The van der Waals surface area contributed by atoms with Crippen molar-refractivity contribution < 1.29 is 9.59 Å². The third kappa shape index (κ3) is 11.8. The highest BCUT2D eigenvalue weighted by Crippen LogP contribution is 2.14. The molecule has 7 nitrogen and oxygen atoms in total. The molecule has 0 bridgehead atoms. The average molecular weight is 586 g/mol. The highest BCUT2D eigenvalue weighted by atomic mass is 35.5. The fourth-order valence-electron chi connectivity index (χ4n) is 3.55. The van der Waals surface area contributed by atoms with Gasteiger partial charge in [-0.2, -0.15) is 10.2 Å². The van der Waals surface area contributed by atoms with Gasteiger partial charge in [-0.05, 0) is 73.5 Å². The fourth-order valence-corrected chi connectivity index (χ4v) is 3.68. The van der Waals surface area contributed by atoms with Crippen LogP contribution in [0.4, 0.5) is 5.69 Å². The molecule has 0 aliphatic heterocycles. The van der Waals surface area contributed by atoms with Crippen LogP contribution in [-0.2, 0) is 0 Å². The average Bonchev–Trinajstić information content (AvgIpc) is 3.00. The van der Waals surface area contributed by atoms with Gasteiger partial charge < -0.3 is 4.90 Å². The van der Waals surface area contributed by atoms with E-state index in [4.69, 9.17) is 11.6 Å². The van der Waals surface area contributed by atoms with Crippen LogP contribution in [0.5, 0.6) is 0 Å². The van der Waals surface area contributed by atoms with Crippen molar-refractivity contribution in [2.45, 2.75) is 28.7 Å². The summed E-state index contributed by atoms with van der Waals surface area (Å²) in [5.41, 5.74) is 9.15. The summed E-state index contributed by atoms with van der Waals surface area (Å²) in [5, 5.41) is 8.47. The molecule has 0 heterocycles. The van der Waals surface area contributed by atoms with E-state index in [2.05, 4.69) is 51.9 Å². The molecule has 0 unspecified atom stereocenters. The lowest BCUT2D eigenvalue weighted by Gasteiger charge is -2.20. The predicted octanol–water partition coefficient (Wildman–Crippen LogP) is 7.67. The zero-order valence-corrected chi connectivity index (χ0v) is 23.3. The van der Waals surface area contributed by atoms with Crippen molar-refractivity contribution in [1.82, 2.24) is 10.9 Å². The summed E-state index contributed by atoms with van der Waals surface area (Å²) in [7, 11) is 0. The van der Waals surface area contributed by atoms with Crippen LogP contribution in [0.25, 0.3) is 0 Å². The molecule has 2 amide bonds. The molecule has 0 aliphatic rings. The number of hydrazone groups is 2. The van der Waals surface area contributed by atoms with Crippen molar-refractivity contribution in [1.29, 1.82) is 0 Å². The Labute approximate surface area is 254 Å². The van der Waals surface area contributed by atoms with Gasteiger partial charge in [0.2, 0.25) is 0 Å². The SMILES string of the molecule is C.C.CCN(CC)c1ccc(/C=N/NC(=O)c2ccc(Cl)cc2)cc1.O=C(N/N=C/c1ccccc1)c1ccccc1. The first kappa shape index (κ1) is 35.3. The van der Waals surface area contributed by atoms with Gasteiger partial charge in [-0.25, -0.2) is 10.9 Å². The van der Waals surface area contributed by atoms with E-state index >= 15 is 0 Å². The van der Waals surface area contributed by atoms with Crippen molar-refractivity contribution in [3.63, 3.8) is 0 Å². The largest absolute Gasteiger partial charge is 0.372 e. The van der Waals surface area contributed by atoms with Crippen molar-refractivity contribution in [2.75, 3.05) is 18.0 Å². The monoisotopic (exact) mass is 585 g/mol. The number of anilines is 1. The maximum atomic E-state index is 11.9. The minimum atomic E-state index is -0.266. The number of carbonyl (C=O) groups is 2. The van der Waals surface area contributed by atoms with Crippen LogP contribution >= 0.6 is 11.6 Å². The quantitative estimate of drug-likeness (QED) is 0.156. The van der Waals surface area contributed by atoms with Gasteiger partial charge in [0.05, 0.1) is 12.4 Å². The molecule has 4 rings (SSSR count). The van der Waals surface area contributed by atoms with Crippen molar-refractivity contribution in [3.8, 4) is 0 Å². The number of halogens is 1. The maximum absolute atomic E-state index is 11.9. The molecule has 0 radical (unpaired) electrons. The molecule has 8 heteroatoms. The Hall–Kier alpha value is -4.75. The van der Waals surface area contributed by atoms with E-state index in [1.165, 1.54) is 5.69 Å². The van der Waals surface area contributed by atoms with E-state index in [1.807, 2.05) is 60.7 Å². The number of nitrogens with one attached hydrogen (secondary N) is 2. The molecule has 0 aliphatic carbocycles. The second-order valence-corrected chi connectivity index (χ2v) is 8.88. The Morgan fingerprint density at radius 3 is 1.55 bits per heavy atom. The molecule has 42 heavy (non-hydrogen) atoms. The van der Waals surface area contributed by atoms with Crippen LogP contribution < -0.4 is 15.8 Å². The topological polar surface area (TPSA) is 86.2 Å². The number of amides is 2. The van der Waals surface area contributed by atoms with Crippen LogP contribution in [-0.4, -0.2) is 37.3 Å². The zero-order chi connectivity index (χ0) is 28.6. The summed E-state index contributed by atoms with van der Waals surface area (Å²) in [6, 6.07) is 33.3. The number of hydrogen-bond donors (Lipinski definition) is 2. The van der Waals surface area contributed by atoms with Crippen LogP contribution in [0.2, 0.25) is 5.02 Å². The Bertz CT molecular complexity index is 1390. The summed E-state index contributed by atoms with van der Waals surface area (Å²) in [6.45, 7) is 6.21. The lowest BCUT2D eigenvalue weighted by molar-refractivity contribution is 0.0947. The van der Waals surface area contributed by atoms with Crippen LogP contribution in [0.3, 0.4) is 0 Å². The molecule has 0 fully saturated rings. The van der Waals surface area contributed by atoms with E-state index in [9.17, 15) is 9.59 Å². The van der Waals surface area contributed by atoms with Gasteiger partial charge >= 0.3 is 0 Å². The lowest BCUT2D eigenvalue weighted by Crippen LogP contribution is -2.21. The van der Waals surface area contributed by atoms with Gasteiger partial charge in [-0.15, -0.1) is 0 Å². The number of carbonyl (C=O) groups excluding carboxylic acids is 2. The smallest absolute Gasteiger partial charge is 0.271 e. The number of hydrogen-bond acceptors (Lipinski definition) is 5. The molecule has 4 aromatic carbocycles. The van der Waals surface area contributed by atoms with Crippen molar-refractivity contribution in [3.05, 3.63) is 136 Å². The van der Waals surface area contributed by atoms with Gasteiger partial charge in [0.25, 0.3) is 11.8 Å². The number of benzene rings is 4. The minimum absolute atomic E-state index is 0. The molecule has 4 aromatic rings. The molecule has 0 saturated heterocycles. The third-order valence-corrected chi connectivity index (χ3v) is 5.98. The summed E-state index contributed by atoms with van der Waals surface area (Å²) in [4.78, 5) is 25.8. The normalized spacial score (nSPS) is 10.1. The van der Waals surface area contributed by atoms with E-state index in [1.54, 1.807) is 48.8 Å². The van der Waals surface area contributed by atoms with Gasteiger partial charge in [0, 0.05) is 34.9 Å². The molecule has 0 aromatic heterocycles. The van der Waals surface area contributed by atoms with Crippen molar-refractivity contribution >= 4 is 41.5 Å². The first-order valence-corrected chi connectivity index (χ1v) is 13.3. The summed E-state index contributed by atoms with van der Waals surface area (Å²) < 4.78 is 0. The summed E-state index contributed by atoms with van der Waals surface area (Å²) >= 11 is 5.79. The molecule has 2 N–H and O–H groups in total. The van der Waals surface area contributed by atoms with Gasteiger partial charge in [-0.1, -0.05) is 87.1 Å². The number of nitrogens with zero attached hydrogens (tertiary/aromatic N) is 3. The fraction of sp³-hybridized carbons (Fsp3) is 0.176. The maximum Gasteiger partial charge on any atom is 0.271 e. The zero-order valence-electron chi connectivity index (χ0n) is 22.5. The molecule has 0 spiro atoms. The molecule has 0 atom stereocenters. The van der Waals surface area contributed by atoms with Crippen molar-refractivity contribution in [2.24, 2.45) is 10.2 Å². The van der Waals surface area contributed by atoms with Crippen LogP contribution in [0, 0.1) is 0 Å². The van der Waals surface area contributed by atoms with Crippen LogP contribution in [0.15, 0.2) is 119 Å². The Balaban J connectivity index is 0.000000416. The Morgan fingerprint density at radius 2 is 1.07 bits per heavy atom. The molecule has 0 saturated carbocycles. The summed E-state index contributed by atoms with van der Waals surface area (Å²) in [6.07, 6.45) is 3.24. The highest BCUT2D eigenvalue weighted by Gasteiger charge is 2.04. The van der Waals surface area contributed by atoms with Gasteiger partial charge in [0.15, 0.2) is 0 Å². The Morgan fingerprint density at radius 1 is 0.643 bits per heavy atom. The minimum Gasteiger partial charge on any atom is -0.372 e. The summed E-state index contributed by atoms with van der Waals surface area (Å²) in [5.74, 6) is -0.476. The first-order valence-electron chi connectivity index (χ1n) is 12.9. The van der Waals surface area contributed by atoms with Gasteiger partial charge in [0.1, 0.15) is 0 Å². The first-order chi connectivity index (χ1) is 19.5. The van der Waals surface area contributed by atoms with Crippen LogP contribution in [0.1, 0.15) is 60.5 Å². The lowest BCUT2D eigenvalue weighted by atomic mass is 10.2. The molecule has 220 valence electrons. The number of rotatable bonds is 9. The van der Waals surface area contributed by atoms with E-state index in [0.29, 0.717) is 16.1 Å². The standard InChI is InChI=1S/C18H20ClN3O.C14H12N2O.2CH4/c1-3-22(4-2)17-11-5-14(6-12-17)13-20-21-18(23)15-7-9-16(19)10-8-15;17-14(13-9-5-2-6-10-13)16-15-11-12-7-3-1-4-8-12;;/h5-13H,3-4H2,1-2H3,(H,21,23);1-11H,(H,16,17);2*1H4/b20-13+;15-11+;;. The van der Waals surface area contributed by atoms with E-state index in [0.717, 1.165) is 24.2 Å². The third-order valence-electron chi connectivity index (χ3n) is 5.72. The van der Waals surface area contributed by atoms with Gasteiger partial charge in [-0.3, -0.25) is 9.59 Å². The van der Waals surface area contributed by atoms with E-state index in [-0.39, 0.29) is 26.7 Å². The molecular formula is C34H40ClN5O2. The van der Waals surface area contributed by atoms with E-state index < -0.39 is 0 Å². The molecular weight excluding hydrogens is 546 g/mol. The Kier molecular flexibility index (Phi) is 16.3. The highest BCUT2D eigenvalue weighted by molar-refractivity contribution is 6.30. The predicted molar refractivity (Wildman–Crippen MR) is 178 cm³/mol. The second kappa shape index (κ2) is 19.3.